The Morgan fingerprint density at radius 3 is 2.23 bits per heavy atom. The van der Waals surface area contributed by atoms with Crippen LogP contribution in [0.25, 0.3) is 11.1 Å². The summed E-state index contributed by atoms with van der Waals surface area (Å²) < 4.78 is 17.2. The Balaban J connectivity index is 1.52. The van der Waals surface area contributed by atoms with Gasteiger partial charge in [-0.2, -0.15) is 0 Å². The monoisotopic (exact) mass is 639 g/mol. The quantitative estimate of drug-likeness (QED) is 0.138. The van der Waals surface area contributed by atoms with Crippen LogP contribution >= 0.6 is 0 Å². The van der Waals surface area contributed by atoms with E-state index in [1.807, 2.05) is 12.1 Å². The van der Waals surface area contributed by atoms with Crippen molar-refractivity contribution >= 4 is 34.6 Å². The number of aromatic nitrogens is 1. The van der Waals surface area contributed by atoms with Crippen LogP contribution in [0.1, 0.15) is 69.8 Å². The second-order valence-corrected chi connectivity index (χ2v) is 12.9. The number of benzene rings is 3. The maximum atomic E-state index is 15.9. The van der Waals surface area contributed by atoms with Gasteiger partial charge in [-0.05, 0) is 79.4 Å². The van der Waals surface area contributed by atoms with Gasteiger partial charge in [0.05, 0.1) is 12.2 Å². The number of carbonyl (C=O) groups excluding carboxylic acids is 2. The first kappa shape index (κ1) is 35.1. The predicted octanol–water partition coefficient (Wildman–Crippen LogP) is 7.94. The third-order valence-corrected chi connectivity index (χ3v) is 7.91. The van der Waals surface area contributed by atoms with Crippen LogP contribution in [0.3, 0.4) is 0 Å². The number of pyridine rings is 1. The molecule has 0 unspecified atom stereocenters. The SMILES string of the molecule is CCCCN(CCC)CC(=O)Nc1cccc(Nc2cc(-c3cccc(NC(=O)c4ccc(C(C)(C)C)cc4)c3F)cn(C)c2=O)c1. The van der Waals surface area contributed by atoms with E-state index >= 15 is 4.39 Å². The van der Waals surface area contributed by atoms with Crippen molar-refractivity contribution in [2.75, 3.05) is 35.6 Å². The van der Waals surface area contributed by atoms with Crippen molar-refractivity contribution in [3.63, 3.8) is 0 Å². The molecule has 1 aromatic heterocycles. The topological polar surface area (TPSA) is 95.5 Å². The van der Waals surface area contributed by atoms with Crippen LogP contribution in [0.2, 0.25) is 0 Å². The molecule has 0 saturated carbocycles. The highest BCUT2D eigenvalue weighted by Gasteiger charge is 2.18. The summed E-state index contributed by atoms with van der Waals surface area (Å²) in [5.74, 6) is -1.14. The number of rotatable bonds is 13. The zero-order valence-electron chi connectivity index (χ0n) is 28.2. The molecule has 4 aromatic rings. The second kappa shape index (κ2) is 15.7. The molecule has 9 heteroatoms. The Kier molecular flexibility index (Phi) is 11.7. The molecule has 0 aliphatic rings. The number of anilines is 4. The summed E-state index contributed by atoms with van der Waals surface area (Å²) in [4.78, 5) is 41.0. The highest BCUT2D eigenvalue weighted by molar-refractivity contribution is 6.04. The lowest BCUT2D eigenvalue weighted by molar-refractivity contribution is -0.117. The molecule has 3 N–H and O–H groups in total. The van der Waals surface area contributed by atoms with Crippen molar-refractivity contribution in [1.82, 2.24) is 9.47 Å². The molecular weight excluding hydrogens is 593 g/mol. The summed E-state index contributed by atoms with van der Waals surface area (Å²) >= 11 is 0. The zero-order valence-corrected chi connectivity index (χ0v) is 28.2. The summed E-state index contributed by atoms with van der Waals surface area (Å²) in [6.07, 6.45) is 4.63. The normalized spacial score (nSPS) is 11.4. The van der Waals surface area contributed by atoms with Gasteiger partial charge in [0.2, 0.25) is 5.91 Å². The number of aryl methyl sites for hydroxylation is 1. The molecule has 0 aliphatic heterocycles. The van der Waals surface area contributed by atoms with E-state index in [0.717, 1.165) is 37.9 Å². The lowest BCUT2D eigenvalue weighted by atomic mass is 9.87. The van der Waals surface area contributed by atoms with Crippen LogP contribution in [0.5, 0.6) is 0 Å². The predicted molar refractivity (Wildman–Crippen MR) is 190 cm³/mol. The molecule has 0 bridgehead atoms. The zero-order chi connectivity index (χ0) is 34.1. The van der Waals surface area contributed by atoms with E-state index in [0.29, 0.717) is 29.0 Å². The van der Waals surface area contributed by atoms with Gasteiger partial charge in [-0.1, -0.05) is 71.4 Å². The summed E-state index contributed by atoms with van der Waals surface area (Å²) in [5, 5.41) is 8.79. The summed E-state index contributed by atoms with van der Waals surface area (Å²) in [6.45, 7) is 12.6. The molecular formula is C38H46FN5O3. The minimum Gasteiger partial charge on any atom is -0.351 e. The van der Waals surface area contributed by atoms with Crippen LogP contribution in [0.4, 0.5) is 27.1 Å². The average molecular weight is 640 g/mol. The average Bonchev–Trinajstić information content (AvgIpc) is 3.03. The molecule has 2 amide bonds. The van der Waals surface area contributed by atoms with Crippen LogP contribution in [0, 0.1) is 5.82 Å². The van der Waals surface area contributed by atoms with E-state index in [2.05, 4.69) is 55.5 Å². The first-order valence-electron chi connectivity index (χ1n) is 16.2. The molecule has 47 heavy (non-hydrogen) atoms. The van der Waals surface area contributed by atoms with Gasteiger partial charge in [-0.3, -0.25) is 19.3 Å². The molecule has 0 aliphatic carbocycles. The van der Waals surface area contributed by atoms with Gasteiger partial charge in [-0.25, -0.2) is 4.39 Å². The van der Waals surface area contributed by atoms with Crippen molar-refractivity contribution in [2.24, 2.45) is 7.05 Å². The van der Waals surface area contributed by atoms with Gasteiger partial charge in [0.1, 0.15) is 5.69 Å². The minimum atomic E-state index is -0.613. The molecule has 1 heterocycles. The van der Waals surface area contributed by atoms with Gasteiger partial charge < -0.3 is 20.5 Å². The molecule has 0 saturated heterocycles. The smallest absolute Gasteiger partial charge is 0.274 e. The highest BCUT2D eigenvalue weighted by atomic mass is 19.1. The molecule has 248 valence electrons. The maximum Gasteiger partial charge on any atom is 0.274 e. The Morgan fingerprint density at radius 1 is 0.851 bits per heavy atom. The molecule has 0 fully saturated rings. The van der Waals surface area contributed by atoms with Crippen LogP contribution in [-0.2, 0) is 17.3 Å². The molecule has 0 spiro atoms. The minimum absolute atomic E-state index is 0.0337. The Hall–Kier alpha value is -4.76. The molecule has 8 nitrogen and oxygen atoms in total. The highest BCUT2D eigenvalue weighted by Crippen LogP contribution is 2.30. The Labute approximate surface area is 277 Å². The first-order valence-corrected chi connectivity index (χ1v) is 16.2. The Bertz CT molecular complexity index is 1760. The largest absolute Gasteiger partial charge is 0.351 e. The van der Waals surface area contributed by atoms with Crippen LogP contribution in [0.15, 0.2) is 83.8 Å². The van der Waals surface area contributed by atoms with Crippen LogP contribution in [-0.4, -0.2) is 40.9 Å². The van der Waals surface area contributed by atoms with Gasteiger partial charge in [0, 0.05) is 41.3 Å². The van der Waals surface area contributed by atoms with Crippen molar-refractivity contribution in [3.05, 3.63) is 106 Å². The Morgan fingerprint density at radius 2 is 1.55 bits per heavy atom. The van der Waals surface area contributed by atoms with Crippen molar-refractivity contribution in [2.45, 2.75) is 59.3 Å². The molecule has 3 aromatic carbocycles. The van der Waals surface area contributed by atoms with E-state index in [1.54, 1.807) is 67.8 Å². The van der Waals surface area contributed by atoms with Crippen molar-refractivity contribution in [1.29, 1.82) is 0 Å². The van der Waals surface area contributed by atoms with E-state index in [1.165, 1.54) is 10.6 Å². The van der Waals surface area contributed by atoms with E-state index in [-0.39, 0.29) is 33.8 Å². The fraction of sp³-hybridized carbons (Fsp3) is 0.342. The lowest BCUT2D eigenvalue weighted by Gasteiger charge is -2.20. The van der Waals surface area contributed by atoms with E-state index in [4.69, 9.17) is 0 Å². The number of nitrogens with zero attached hydrogens (tertiary/aromatic N) is 2. The second-order valence-electron chi connectivity index (χ2n) is 12.9. The number of hydrogen-bond acceptors (Lipinski definition) is 5. The number of carbonyl (C=O) groups is 2. The number of halogens is 1. The molecule has 0 atom stereocenters. The molecule has 4 rings (SSSR count). The fourth-order valence-electron chi connectivity index (χ4n) is 5.32. The van der Waals surface area contributed by atoms with E-state index < -0.39 is 11.7 Å². The van der Waals surface area contributed by atoms with Gasteiger partial charge in [0.15, 0.2) is 5.82 Å². The van der Waals surface area contributed by atoms with E-state index in [9.17, 15) is 14.4 Å². The number of unbranched alkanes of at least 4 members (excludes halogenated alkanes) is 1. The molecule has 0 radical (unpaired) electrons. The fourth-order valence-corrected chi connectivity index (χ4v) is 5.32. The van der Waals surface area contributed by atoms with Crippen LogP contribution < -0.4 is 21.5 Å². The van der Waals surface area contributed by atoms with Gasteiger partial charge in [-0.15, -0.1) is 0 Å². The van der Waals surface area contributed by atoms with Gasteiger partial charge in [0.25, 0.3) is 11.5 Å². The third kappa shape index (κ3) is 9.39. The summed E-state index contributed by atoms with van der Waals surface area (Å²) in [7, 11) is 1.60. The number of amides is 2. The standard InChI is InChI=1S/C38H46FN5O3/c1-7-9-21-44(20-8-2)25-34(45)41-30-13-10-12-29(23-30)40-33-22-27(24-43(6)37(33)47)31-14-11-15-32(35(31)39)42-36(46)26-16-18-28(19-17-26)38(3,4)5/h10-19,22-24,40H,7-9,20-21,25H2,1-6H3,(H,41,45)(H,42,46). The van der Waals surface area contributed by atoms with Crippen molar-refractivity contribution in [3.8, 4) is 11.1 Å². The first-order chi connectivity index (χ1) is 22.4. The number of nitrogens with one attached hydrogen (secondary N) is 3. The van der Waals surface area contributed by atoms with Gasteiger partial charge >= 0.3 is 0 Å². The van der Waals surface area contributed by atoms with Crippen molar-refractivity contribution < 1.29 is 14.0 Å². The summed E-state index contributed by atoms with van der Waals surface area (Å²) in [6, 6.07) is 20.7. The number of hydrogen-bond donors (Lipinski definition) is 3. The maximum absolute atomic E-state index is 15.9. The summed E-state index contributed by atoms with van der Waals surface area (Å²) in [5.41, 5.74) is 3.28. The lowest BCUT2D eigenvalue weighted by Crippen LogP contribution is -2.34. The third-order valence-electron chi connectivity index (χ3n) is 7.91.